The lowest BCUT2D eigenvalue weighted by molar-refractivity contribution is 0.226. The highest BCUT2D eigenvalue weighted by Gasteiger charge is 2.14. The van der Waals surface area contributed by atoms with Crippen molar-refractivity contribution in [1.82, 2.24) is 9.97 Å². The Morgan fingerprint density at radius 3 is 2.38 bits per heavy atom. The maximum atomic E-state index is 9.04. The Balaban J connectivity index is 2.85. The summed E-state index contributed by atoms with van der Waals surface area (Å²) in [6, 6.07) is 0.0962. The van der Waals surface area contributed by atoms with Crippen molar-refractivity contribution < 1.29 is 5.11 Å². The van der Waals surface area contributed by atoms with E-state index < -0.39 is 0 Å². The Morgan fingerprint density at radius 2 is 1.81 bits per heavy atom. The monoisotopic (exact) mass is 243 g/mol. The van der Waals surface area contributed by atoms with Crippen molar-refractivity contribution in [3.63, 3.8) is 0 Å². The molecule has 2 N–H and O–H groups in total. The number of anilines is 1. The van der Waals surface area contributed by atoms with Gasteiger partial charge in [-0.05, 0) is 26.7 Å². The number of nitrogens with zero attached hydrogens (tertiary/aromatic N) is 2. The van der Waals surface area contributed by atoms with Gasteiger partial charge < -0.3 is 10.4 Å². The van der Waals surface area contributed by atoms with Crippen molar-refractivity contribution in [2.45, 2.75) is 33.7 Å². The number of aromatic nitrogens is 2. The first-order valence-corrected chi connectivity index (χ1v) is 5.71. The number of halogens is 1. The first-order chi connectivity index (χ1) is 7.45. The van der Waals surface area contributed by atoms with Crippen molar-refractivity contribution in [3.05, 3.63) is 16.5 Å². The van der Waals surface area contributed by atoms with E-state index in [1.807, 2.05) is 27.7 Å². The van der Waals surface area contributed by atoms with Crippen molar-refractivity contribution in [2.75, 3.05) is 11.9 Å². The summed E-state index contributed by atoms with van der Waals surface area (Å²) in [5, 5.41) is 12.6. The van der Waals surface area contributed by atoms with Crippen molar-refractivity contribution >= 4 is 17.4 Å². The van der Waals surface area contributed by atoms with E-state index in [0.717, 1.165) is 11.4 Å². The molecule has 0 aliphatic rings. The molecule has 0 amide bonds. The maximum absolute atomic E-state index is 9.04. The second-order valence-electron chi connectivity index (χ2n) is 4.13. The molecule has 5 heteroatoms. The van der Waals surface area contributed by atoms with Crippen LogP contribution in [0.25, 0.3) is 0 Å². The van der Waals surface area contributed by atoms with Crippen LogP contribution in [0.4, 0.5) is 5.82 Å². The molecule has 1 heterocycles. The molecule has 0 radical (unpaired) electrons. The number of hydrogen-bond acceptors (Lipinski definition) is 4. The van der Waals surface area contributed by atoms with Gasteiger partial charge in [0, 0.05) is 12.6 Å². The van der Waals surface area contributed by atoms with Crippen LogP contribution in [0.5, 0.6) is 0 Å². The zero-order valence-electron chi connectivity index (χ0n) is 10.1. The first-order valence-electron chi connectivity index (χ1n) is 5.33. The molecule has 0 spiro atoms. The third-order valence-electron chi connectivity index (χ3n) is 2.77. The summed E-state index contributed by atoms with van der Waals surface area (Å²) >= 11 is 5.99. The summed E-state index contributed by atoms with van der Waals surface area (Å²) in [6.45, 7) is 7.83. The summed E-state index contributed by atoms with van der Waals surface area (Å²) in [6.07, 6.45) is 0. The molecule has 0 aromatic carbocycles. The van der Waals surface area contributed by atoms with Crippen molar-refractivity contribution in [1.29, 1.82) is 0 Å². The molecule has 0 fully saturated rings. The van der Waals surface area contributed by atoms with E-state index in [0.29, 0.717) is 11.0 Å². The molecule has 0 bridgehead atoms. The van der Waals surface area contributed by atoms with Crippen LogP contribution < -0.4 is 5.32 Å². The minimum atomic E-state index is 0.0962. The molecular formula is C11H18ClN3O. The number of aliphatic hydroxyl groups excluding tert-OH is 1. The molecule has 1 aromatic heterocycles. The Morgan fingerprint density at radius 1 is 1.25 bits per heavy atom. The highest BCUT2D eigenvalue weighted by molar-refractivity contribution is 6.31. The predicted molar refractivity (Wildman–Crippen MR) is 65.9 cm³/mol. The lowest BCUT2D eigenvalue weighted by atomic mass is 10.1. The molecule has 1 rings (SSSR count). The number of nitrogens with one attached hydrogen (secondary N) is 1. The van der Waals surface area contributed by atoms with Gasteiger partial charge in [-0.15, -0.1) is 0 Å². The van der Waals surface area contributed by atoms with Gasteiger partial charge in [-0.25, -0.2) is 9.97 Å². The quantitative estimate of drug-likeness (QED) is 0.851. The molecule has 0 saturated heterocycles. The number of rotatable bonds is 4. The van der Waals surface area contributed by atoms with E-state index in [-0.39, 0.29) is 18.6 Å². The largest absolute Gasteiger partial charge is 0.396 e. The number of aliphatic hydroxyl groups is 1. The lowest BCUT2D eigenvalue weighted by Crippen LogP contribution is -2.27. The van der Waals surface area contributed by atoms with Gasteiger partial charge in [0.15, 0.2) is 11.0 Å². The molecule has 4 nitrogen and oxygen atoms in total. The summed E-state index contributed by atoms with van der Waals surface area (Å²) in [7, 11) is 0. The minimum Gasteiger partial charge on any atom is -0.396 e. The third-order valence-corrected chi connectivity index (χ3v) is 3.03. The Hall–Kier alpha value is -0.870. The number of aryl methyl sites for hydroxylation is 2. The van der Waals surface area contributed by atoms with Gasteiger partial charge in [0.1, 0.15) is 0 Å². The average molecular weight is 244 g/mol. The van der Waals surface area contributed by atoms with E-state index in [1.54, 1.807) is 0 Å². The normalized spacial score (nSPS) is 14.6. The SMILES string of the molecule is Cc1nc(Cl)c(NC(C)C(C)CO)nc1C. The smallest absolute Gasteiger partial charge is 0.171 e. The Labute approximate surface area is 101 Å². The van der Waals surface area contributed by atoms with E-state index in [9.17, 15) is 0 Å². The molecule has 16 heavy (non-hydrogen) atoms. The fraction of sp³-hybridized carbons (Fsp3) is 0.636. The molecular weight excluding hydrogens is 226 g/mol. The summed E-state index contributed by atoms with van der Waals surface area (Å²) in [4.78, 5) is 8.53. The van der Waals surface area contributed by atoms with Crippen LogP contribution in [0.1, 0.15) is 25.2 Å². The van der Waals surface area contributed by atoms with E-state index in [1.165, 1.54) is 0 Å². The first kappa shape index (κ1) is 13.2. The molecule has 0 saturated carbocycles. The molecule has 0 aliphatic carbocycles. The van der Waals surface area contributed by atoms with Crippen LogP contribution >= 0.6 is 11.6 Å². The van der Waals surface area contributed by atoms with Crippen LogP contribution in [-0.4, -0.2) is 27.7 Å². The van der Waals surface area contributed by atoms with Gasteiger partial charge in [-0.3, -0.25) is 0 Å². The standard InChI is InChI=1S/C11H18ClN3O/c1-6(5-16)7(2)14-11-10(12)13-8(3)9(4)15-11/h6-7,16H,5H2,1-4H3,(H,14,15). The van der Waals surface area contributed by atoms with Gasteiger partial charge in [0.25, 0.3) is 0 Å². The Bertz CT molecular complexity index is 370. The topological polar surface area (TPSA) is 58.0 Å². The van der Waals surface area contributed by atoms with Crippen molar-refractivity contribution in [3.8, 4) is 0 Å². The average Bonchev–Trinajstić information content (AvgIpc) is 2.24. The second kappa shape index (κ2) is 5.46. The number of hydrogen-bond donors (Lipinski definition) is 2. The van der Waals surface area contributed by atoms with Crippen LogP contribution in [-0.2, 0) is 0 Å². The zero-order valence-corrected chi connectivity index (χ0v) is 10.8. The molecule has 2 unspecified atom stereocenters. The highest BCUT2D eigenvalue weighted by atomic mass is 35.5. The summed E-state index contributed by atoms with van der Waals surface area (Å²) in [5.74, 6) is 0.719. The van der Waals surface area contributed by atoms with Gasteiger partial charge in [-0.1, -0.05) is 18.5 Å². The Kier molecular flexibility index (Phi) is 4.50. The summed E-state index contributed by atoms with van der Waals surface area (Å²) in [5.41, 5.74) is 1.69. The van der Waals surface area contributed by atoms with Crippen LogP contribution in [0, 0.1) is 19.8 Å². The van der Waals surface area contributed by atoms with Crippen molar-refractivity contribution in [2.24, 2.45) is 5.92 Å². The third kappa shape index (κ3) is 3.06. The highest BCUT2D eigenvalue weighted by Crippen LogP contribution is 2.20. The molecule has 2 atom stereocenters. The van der Waals surface area contributed by atoms with Crippen LogP contribution in [0.2, 0.25) is 5.15 Å². The second-order valence-corrected chi connectivity index (χ2v) is 4.48. The van der Waals surface area contributed by atoms with Gasteiger partial charge in [0.05, 0.1) is 11.4 Å². The van der Waals surface area contributed by atoms with Gasteiger partial charge in [-0.2, -0.15) is 0 Å². The molecule has 1 aromatic rings. The minimum absolute atomic E-state index is 0.0962. The van der Waals surface area contributed by atoms with E-state index >= 15 is 0 Å². The van der Waals surface area contributed by atoms with Crippen LogP contribution in [0.15, 0.2) is 0 Å². The van der Waals surface area contributed by atoms with E-state index in [2.05, 4.69) is 15.3 Å². The lowest BCUT2D eigenvalue weighted by Gasteiger charge is -2.20. The predicted octanol–water partition coefficient (Wildman–Crippen LogP) is 2.18. The maximum Gasteiger partial charge on any atom is 0.171 e. The fourth-order valence-electron chi connectivity index (χ4n) is 1.18. The van der Waals surface area contributed by atoms with E-state index in [4.69, 9.17) is 16.7 Å². The molecule has 90 valence electrons. The van der Waals surface area contributed by atoms with Gasteiger partial charge >= 0.3 is 0 Å². The summed E-state index contributed by atoms with van der Waals surface area (Å²) < 4.78 is 0. The molecule has 0 aliphatic heterocycles. The zero-order chi connectivity index (χ0) is 12.3. The fourth-order valence-corrected chi connectivity index (χ4v) is 1.41. The van der Waals surface area contributed by atoms with Gasteiger partial charge in [0.2, 0.25) is 0 Å². The van der Waals surface area contributed by atoms with Crippen LogP contribution in [0.3, 0.4) is 0 Å².